The van der Waals surface area contributed by atoms with Crippen LogP contribution in [0.1, 0.15) is 49.9 Å². The molecule has 2 aliphatic carbocycles. The van der Waals surface area contributed by atoms with Gasteiger partial charge in [0.25, 0.3) is 0 Å². The number of hydrogen-bond donors (Lipinski definition) is 0. The smallest absolute Gasteiger partial charge is 0.0159 e. The SMILES string of the molecule is CC1(C)c2cc3cc4ccccc4cc3cc2-c2c1cc1ccc3c4c(cc5ccc2c1c53)C(C)(C)c1cc2cc3ccccc3cc2cc1-4. The summed E-state index contributed by atoms with van der Waals surface area (Å²) in [5, 5.41) is 18.7. The molecule has 0 nitrogen and oxygen atoms in total. The molecule has 0 atom stereocenters. The van der Waals surface area contributed by atoms with Gasteiger partial charge in [-0.1, -0.05) is 100 Å². The minimum absolute atomic E-state index is 0.0929. The monoisotopic (exact) mass is 634 g/mol. The topological polar surface area (TPSA) is 0 Å². The van der Waals surface area contributed by atoms with Crippen LogP contribution < -0.4 is 0 Å². The third kappa shape index (κ3) is 3.19. The third-order valence-corrected chi connectivity index (χ3v) is 12.8. The van der Waals surface area contributed by atoms with E-state index in [1.807, 2.05) is 0 Å². The number of fused-ring (bicyclic) bond motifs is 12. The lowest BCUT2D eigenvalue weighted by Crippen LogP contribution is -2.15. The molecule has 0 radical (unpaired) electrons. The van der Waals surface area contributed by atoms with Crippen LogP contribution >= 0.6 is 0 Å². The van der Waals surface area contributed by atoms with Crippen LogP contribution in [0.25, 0.3) is 97.7 Å². The summed E-state index contributed by atoms with van der Waals surface area (Å²) in [6, 6.07) is 51.6. The summed E-state index contributed by atoms with van der Waals surface area (Å²) in [6.45, 7) is 9.67. The van der Waals surface area contributed by atoms with Gasteiger partial charge in [-0.2, -0.15) is 0 Å². The maximum Gasteiger partial charge on any atom is 0.0159 e. The fourth-order valence-electron chi connectivity index (χ4n) is 10.2. The largest absolute Gasteiger partial charge is 0.0616 e. The molecule has 12 rings (SSSR count). The first-order chi connectivity index (χ1) is 24.3. The van der Waals surface area contributed by atoms with Crippen LogP contribution in [-0.4, -0.2) is 0 Å². The lowest BCUT2D eigenvalue weighted by Gasteiger charge is -2.24. The second kappa shape index (κ2) is 8.70. The van der Waals surface area contributed by atoms with Gasteiger partial charge in [-0.25, -0.2) is 0 Å². The molecule has 0 heterocycles. The maximum absolute atomic E-state index is 2.52. The van der Waals surface area contributed by atoms with Crippen molar-refractivity contribution in [3.63, 3.8) is 0 Å². The minimum Gasteiger partial charge on any atom is -0.0616 e. The zero-order valence-electron chi connectivity index (χ0n) is 28.7. The van der Waals surface area contributed by atoms with E-state index in [4.69, 9.17) is 0 Å². The van der Waals surface area contributed by atoms with E-state index in [0.29, 0.717) is 0 Å². The lowest BCUT2D eigenvalue weighted by molar-refractivity contribution is 0.662. The Morgan fingerprint density at radius 3 is 1.02 bits per heavy atom. The fraction of sp³-hybridized carbons (Fsp3) is 0.120. The van der Waals surface area contributed by atoms with E-state index in [0.717, 1.165) is 0 Å². The molecule has 0 bridgehead atoms. The van der Waals surface area contributed by atoms with Crippen molar-refractivity contribution in [2.24, 2.45) is 0 Å². The Morgan fingerprint density at radius 2 is 0.640 bits per heavy atom. The number of benzene rings is 10. The third-order valence-electron chi connectivity index (χ3n) is 12.8. The molecule has 50 heavy (non-hydrogen) atoms. The average molecular weight is 635 g/mol. The van der Waals surface area contributed by atoms with Crippen molar-refractivity contribution in [2.75, 3.05) is 0 Å². The van der Waals surface area contributed by atoms with Crippen LogP contribution in [0.15, 0.2) is 133 Å². The predicted octanol–water partition coefficient (Wildman–Crippen LogP) is 13.8. The second-order valence-electron chi connectivity index (χ2n) is 16.2. The number of rotatable bonds is 0. The van der Waals surface area contributed by atoms with Crippen molar-refractivity contribution < 1.29 is 0 Å². The van der Waals surface area contributed by atoms with Gasteiger partial charge >= 0.3 is 0 Å². The molecule has 0 unspecified atom stereocenters. The van der Waals surface area contributed by atoms with Crippen molar-refractivity contribution in [1.82, 2.24) is 0 Å². The van der Waals surface area contributed by atoms with Crippen LogP contribution in [-0.2, 0) is 10.8 Å². The zero-order valence-corrected chi connectivity index (χ0v) is 28.7. The Bertz CT molecular complexity index is 2970. The van der Waals surface area contributed by atoms with Crippen LogP contribution in [0, 0.1) is 0 Å². The van der Waals surface area contributed by atoms with E-state index in [2.05, 4.69) is 161 Å². The van der Waals surface area contributed by atoms with Gasteiger partial charge in [-0.3, -0.25) is 0 Å². The molecule has 0 spiro atoms. The number of hydrogen-bond acceptors (Lipinski definition) is 0. The molecule has 0 N–H and O–H groups in total. The van der Waals surface area contributed by atoms with Crippen LogP contribution in [0.2, 0.25) is 0 Å². The zero-order chi connectivity index (χ0) is 33.3. The molecule has 0 heteroatoms. The first-order valence-corrected chi connectivity index (χ1v) is 18.0. The highest BCUT2D eigenvalue weighted by atomic mass is 14.4. The highest BCUT2D eigenvalue weighted by Gasteiger charge is 2.40. The maximum atomic E-state index is 2.52. The molecule has 0 amide bonds. The Balaban J connectivity index is 1.17. The molecule has 0 aromatic heterocycles. The first-order valence-electron chi connectivity index (χ1n) is 18.0. The van der Waals surface area contributed by atoms with E-state index < -0.39 is 0 Å². The molecule has 10 aromatic carbocycles. The van der Waals surface area contributed by atoms with Crippen molar-refractivity contribution in [3.8, 4) is 22.3 Å². The standard InChI is InChI=1S/C50H34/c1-49(2)41-25-35-19-29-11-7-5-9-27(29)17-33(35)21-39(41)47-37-15-14-32-24-44-48(38-16-13-31(23-43(47)49)45(37)46(32)38)40-22-34-18-28-10-6-8-12-30(28)20-36(34)26-42(40)50(44,3)4/h5-26H,1-4H3. The Morgan fingerprint density at radius 1 is 0.300 bits per heavy atom. The van der Waals surface area contributed by atoms with Gasteiger partial charge in [-0.05, 0) is 181 Å². The molecule has 0 aliphatic heterocycles. The van der Waals surface area contributed by atoms with Gasteiger partial charge in [-0.15, -0.1) is 0 Å². The molecule has 10 aromatic rings. The van der Waals surface area contributed by atoms with Crippen molar-refractivity contribution in [3.05, 3.63) is 156 Å². The van der Waals surface area contributed by atoms with Crippen molar-refractivity contribution in [2.45, 2.75) is 38.5 Å². The summed E-state index contributed by atoms with van der Waals surface area (Å²) >= 11 is 0. The van der Waals surface area contributed by atoms with Gasteiger partial charge in [0.15, 0.2) is 0 Å². The Kier molecular flexibility index (Phi) is 4.72. The van der Waals surface area contributed by atoms with E-state index >= 15 is 0 Å². The van der Waals surface area contributed by atoms with E-state index in [9.17, 15) is 0 Å². The fourth-order valence-corrected chi connectivity index (χ4v) is 10.2. The summed E-state index contributed by atoms with van der Waals surface area (Å²) in [4.78, 5) is 0. The average Bonchev–Trinajstić information content (AvgIpc) is 3.47. The summed E-state index contributed by atoms with van der Waals surface area (Å²) < 4.78 is 0. The van der Waals surface area contributed by atoms with Crippen molar-refractivity contribution in [1.29, 1.82) is 0 Å². The molecule has 2 aliphatic rings. The molecule has 0 fully saturated rings. The lowest BCUT2D eigenvalue weighted by atomic mass is 9.79. The van der Waals surface area contributed by atoms with Crippen LogP contribution in [0.4, 0.5) is 0 Å². The Hall–Kier alpha value is -5.72. The molecule has 0 saturated carbocycles. The highest BCUT2D eigenvalue weighted by molar-refractivity contribution is 6.29. The molecular formula is C50H34. The summed E-state index contributed by atoms with van der Waals surface area (Å²) in [5.74, 6) is 0. The van der Waals surface area contributed by atoms with E-state index in [-0.39, 0.29) is 10.8 Å². The van der Waals surface area contributed by atoms with Gasteiger partial charge < -0.3 is 0 Å². The predicted molar refractivity (Wildman–Crippen MR) is 215 cm³/mol. The minimum atomic E-state index is -0.0929. The van der Waals surface area contributed by atoms with Crippen LogP contribution in [0.3, 0.4) is 0 Å². The van der Waals surface area contributed by atoms with Crippen molar-refractivity contribution >= 4 is 75.4 Å². The molecule has 0 saturated heterocycles. The summed E-state index contributed by atoms with van der Waals surface area (Å²) in [6.07, 6.45) is 0. The van der Waals surface area contributed by atoms with E-state index in [1.54, 1.807) is 0 Å². The summed E-state index contributed by atoms with van der Waals surface area (Å²) in [5.41, 5.74) is 11.2. The van der Waals surface area contributed by atoms with Gasteiger partial charge in [0.05, 0.1) is 0 Å². The van der Waals surface area contributed by atoms with E-state index in [1.165, 1.54) is 120 Å². The highest BCUT2D eigenvalue weighted by Crippen LogP contribution is 2.58. The molecule has 234 valence electrons. The van der Waals surface area contributed by atoms with Crippen LogP contribution in [0.5, 0.6) is 0 Å². The van der Waals surface area contributed by atoms with Gasteiger partial charge in [0.1, 0.15) is 0 Å². The normalized spacial score (nSPS) is 15.5. The first kappa shape index (κ1) is 27.1. The Labute approximate surface area is 290 Å². The summed E-state index contributed by atoms with van der Waals surface area (Å²) in [7, 11) is 0. The molecular weight excluding hydrogens is 601 g/mol. The van der Waals surface area contributed by atoms with Gasteiger partial charge in [0.2, 0.25) is 0 Å². The second-order valence-corrected chi connectivity index (χ2v) is 16.2. The quantitative estimate of drug-likeness (QED) is 0.115. The van der Waals surface area contributed by atoms with Gasteiger partial charge in [0, 0.05) is 10.8 Å².